The van der Waals surface area contributed by atoms with Gasteiger partial charge in [-0.3, -0.25) is 4.79 Å². The molecule has 3 N–H and O–H groups in total. The van der Waals surface area contributed by atoms with Crippen molar-refractivity contribution in [1.82, 2.24) is 5.32 Å². The largest absolute Gasteiger partial charge is 0.353 e. The molecule has 18 heavy (non-hydrogen) atoms. The van der Waals surface area contributed by atoms with Gasteiger partial charge in [-0.1, -0.05) is 20.8 Å². The Hall–Kier alpha value is -0.570. The average molecular weight is 252 g/mol. The number of hydrogen-bond donors (Lipinski definition) is 2. The first-order valence-corrected chi connectivity index (χ1v) is 7.40. The molecule has 0 aromatic carbocycles. The molecular weight excluding hydrogens is 224 g/mol. The molecule has 0 radical (unpaired) electrons. The van der Waals surface area contributed by atoms with Gasteiger partial charge in [-0.25, -0.2) is 0 Å². The molecule has 0 saturated heterocycles. The van der Waals surface area contributed by atoms with Crippen LogP contribution in [0.25, 0.3) is 0 Å². The van der Waals surface area contributed by atoms with Crippen LogP contribution < -0.4 is 11.1 Å². The number of nitrogens with one attached hydrogen (secondary N) is 1. The van der Waals surface area contributed by atoms with Crippen LogP contribution in [0.4, 0.5) is 0 Å². The highest BCUT2D eigenvalue weighted by molar-refractivity contribution is 5.77. The second-order valence-electron chi connectivity index (χ2n) is 7.50. The first-order chi connectivity index (χ1) is 8.35. The maximum absolute atomic E-state index is 12.0. The van der Waals surface area contributed by atoms with Crippen molar-refractivity contribution in [3.05, 3.63) is 0 Å². The Labute approximate surface area is 111 Å². The van der Waals surface area contributed by atoms with Crippen molar-refractivity contribution in [2.45, 2.75) is 71.4 Å². The predicted molar refractivity (Wildman–Crippen MR) is 74.0 cm³/mol. The smallest absolute Gasteiger partial charge is 0.221 e. The summed E-state index contributed by atoms with van der Waals surface area (Å²) in [5, 5.41) is 3.24. The van der Waals surface area contributed by atoms with Gasteiger partial charge >= 0.3 is 0 Å². The Morgan fingerprint density at radius 1 is 1.22 bits per heavy atom. The van der Waals surface area contributed by atoms with Gasteiger partial charge in [-0.15, -0.1) is 0 Å². The Morgan fingerprint density at radius 2 is 1.72 bits per heavy atom. The van der Waals surface area contributed by atoms with E-state index >= 15 is 0 Å². The second kappa shape index (κ2) is 5.20. The second-order valence-corrected chi connectivity index (χ2v) is 7.50. The number of rotatable bonds is 6. The maximum Gasteiger partial charge on any atom is 0.221 e. The van der Waals surface area contributed by atoms with Gasteiger partial charge in [0.15, 0.2) is 0 Å². The summed E-state index contributed by atoms with van der Waals surface area (Å²) in [4.78, 5) is 12.0. The zero-order chi connectivity index (χ0) is 13.3. The predicted octanol–water partition coefficient (Wildman–Crippen LogP) is 2.44. The lowest BCUT2D eigenvalue weighted by molar-refractivity contribution is -0.122. The molecule has 2 saturated carbocycles. The lowest BCUT2D eigenvalue weighted by atomic mass is 9.87. The lowest BCUT2D eigenvalue weighted by Gasteiger charge is -2.24. The van der Waals surface area contributed by atoms with Gasteiger partial charge in [0, 0.05) is 18.5 Å². The van der Waals surface area contributed by atoms with Crippen LogP contribution >= 0.6 is 0 Å². The number of hydrogen-bond acceptors (Lipinski definition) is 2. The van der Waals surface area contributed by atoms with E-state index < -0.39 is 0 Å². The third kappa shape index (κ3) is 4.60. The van der Waals surface area contributed by atoms with E-state index in [-0.39, 0.29) is 17.4 Å². The molecule has 0 aromatic heterocycles. The molecule has 1 amide bonds. The normalized spacial score (nSPS) is 22.1. The van der Waals surface area contributed by atoms with E-state index in [1.165, 1.54) is 25.7 Å². The summed E-state index contributed by atoms with van der Waals surface area (Å²) in [6.45, 7) is 6.51. The maximum atomic E-state index is 12.0. The number of carbonyl (C=O) groups is 1. The molecule has 1 atom stereocenters. The molecule has 0 aliphatic heterocycles. The zero-order valence-electron chi connectivity index (χ0n) is 12.0. The Morgan fingerprint density at radius 3 is 2.11 bits per heavy atom. The van der Waals surface area contributed by atoms with E-state index in [4.69, 9.17) is 5.73 Å². The van der Waals surface area contributed by atoms with Gasteiger partial charge in [0.25, 0.3) is 0 Å². The molecule has 3 heteroatoms. The molecule has 1 unspecified atom stereocenters. The van der Waals surface area contributed by atoms with Crippen molar-refractivity contribution < 1.29 is 4.79 Å². The van der Waals surface area contributed by atoms with Gasteiger partial charge in [0.1, 0.15) is 0 Å². The van der Waals surface area contributed by atoms with E-state index in [9.17, 15) is 4.79 Å². The van der Waals surface area contributed by atoms with Gasteiger partial charge in [0.2, 0.25) is 5.91 Å². The van der Waals surface area contributed by atoms with Crippen molar-refractivity contribution in [3.8, 4) is 0 Å². The van der Waals surface area contributed by atoms with Gasteiger partial charge in [0.05, 0.1) is 0 Å². The molecular formula is C15H28N2O. The summed E-state index contributed by atoms with van der Waals surface area (Å²) in [5.41, 5.74) is 6.26. The van der Waals surface area contributed by atoms with Crippen LogP contribution in [-0.2, 0) is 4.79 Å². The van der Waals surface area contributed by atoms with Crippen LogP contribution in [0, 0.1) is 17.3 Å². The molecule has 0 bridgehead atoms. The molecule has 2 aliphatic carbocycles. The van der Waals surface area contributed by atoms with Crippen molar-refractivity contribution in [2.75, 3.05) is 0 Å². The Kier molecular flexibility index (Phi) is 4.00. The summed E-state index contributed by atoms with van der Waals surface area (Å²) in [6, 6.07) is 0.448. The van der Waals surface area contributed by atoms with Crippen LogP contribution in [0.2, 0.25) is 0 Å². The van der Waals surface area contributed by atoms with Crippen molar-refractivity contribution in [2.24, 2.45) is 23.0 Å². The van der Waals surface area contributed by atoms with Crippen LogP contribution in [0.1, 0.15) is 59.3 Å². The summed E-state index contributed by atoms with van der Waals surface area (Å²) in [5.74, 6) is 1.69. The summed E-state index contributed by atoms with van der Waals surface area (Å²) < 4.78 is 0. The quantitative estimate of drug-likeness (QED) is 0.763. The minimum absolute atomic E-state index is 0.0101. The summed E-state index contributed by atoms with van der Waals surface area (Å²) in [7, 11) is 0. The van der Waals surface area contributed by atoms with Crippen molar-refractivity contribution in [3.63, 3.8) is 0 Å². The summed E-state index contributed by atoms with van der Waals surface area (Å²) in [6.07, 6.45) is 6.58. The monoisotopic (exact) mass is 252 g/mol. The zero-order valence-corrected chi connectivity index (χ0v) is 12.0. The molecule has 3 nitrogen and oxygen atoms in total. The van der Waals surface area contributed by atoms with Crippen LogP contribution in [-0.4, -0.2) is 18.0 Å². The molecule has 0 spiro atoms. The SMILES string of the molecule is CC(C)(C)CC(N)CC(=O)NC(C1CC1)C1CC1. The van der Waals surface area contributed by atoms with Gasteiger partial charge in [-0.05, 0) is 49.4 Å². The van der Waals surface area contributed by atoms with Gasteiger partial charge in [-0.2, -0.15) is 0 Å². The number of carbonyl (C=O) groups excluding carboxylic acids is 1. The van der Waals surface area contributed by atoms with E-state index in [1.54, 1.807) is 0 Å². The minimum atomic E-state index is -0.0101. The highest BCUT2D eigenvalue weighted by Gasteiger charge is 2.42. The molecule has 0 heterocycles. The van der Waals surface area contributed by atoms with E-state index in [1.807, 2.05) is 0 Å². The molecule has 2 fully saturated rings. The van der Waals surface area contributed by atoms with Gasteiger partial charge < -0.3 is 11.1 Å². The van der Waals surface area contributed by atoms with Crippen LogP contribution in [0.3, 0.4) is 0 Å². The number of amides is 1. The lowest BCUT2D eigenvalue weighted by Crippen LogP contribution is -2.41. The first kappa shape index (κ1) is 13.9. The van der Waals surface area contributed by atoms with E-state index in [0.29, 0.717) is 12.5 Å². The third-order valence-corrected chi connectivity index (χ3v) is 3.91. The number of nitrogens with two attached hydrogens (primary N) is 1. The Balaban J connectivity index is 1.73. The van der Waals surface area contributed by atoms with E-state index in [0.717, 1.165) is 18.3 Å². The third-order valence-electron chi connectivity index (χ3n) is 3.91. The fourth-order valence-corrected chi connectivity index (χ4v) is 2.87. The highest BCUT2D eigenvalue weighted by atomic mass is 16.1. The van der Waals surface area contributed by atoms with Crippen molar-refractivity contribution >= 4 is 5.91 Å². The van der Waals surface area contributed by atoms with Crippen LogP contribution in [0.15, 0.2) is 0 Å². The first-order valence-electron chi connectivity index (χ1n) is 7.40. The fraction of sp³-hybridized carbons (Fsp3) is 0.933. The minimum Gasteiger partial charge on any atom is -0.353 e. The molecule has 0 aromatic rings. The van der Waals surface area contributed by atoms with E-state index in [2.05, 4.69) is 26.1 Å². The average Bonchev–Trinajstić information content (AvgIpc) is 3.05. The van der Waals surface area contributed by atoms with Crippen molar-refractivity contribution in [1.29, 1.82) is 0 Å². The molecule has 2 aliphatic rings. The Bertz CT molecular complexity index is 288. The molecule has 104 valence electrons. The molecule has 2 rings (SSSR count). The topological polar surface area (TPSA) is 55.1 Å². The fourth-order valence-electron chi connectivity index (χ4n) is 2.87. The van der Waals surface area contributed by atoms with Crippen LogP contribution in [0.5, 0.6) is 0 Å². The summed E-state index contributed by atoms with van der Waals surface area (Å²) >= 11 is 0. The standard InChI is InChI=1S/C15H28N2O/c1-15(2,3)9-12(16)8-13(18)17-14(10-4-5-10)11-6-7-11/h10-12,14H,4-9,16H2,1-3H3,(H,17,18). The highest BCUT2D eigenvalue weighted by Crippen LogP contribution is 2.44.